The quantitative estimate of drug-likeness (QED) is 0.465. The number of piperidine rings is 1. The highest BCUT2D eigenvalue weighted by atomic mass is 16.5. The number of hydrogen-bond donors (Lipinski definition) is 0. The molecular weight excluding hydrogens is 418 g/mol. The van der Waals surface area contributed by atoms with Crippen LogP contribution >= 0.6 is 0 Å². The summed E-state index contributed by atoms with van der Waals surface area (Å²) in [5.41, 5.74) is 2.36. The van der Waals surface area contributed by atoms with Crippen LogP contribution in [-0.2, 0) is 4.74 Å². The van der Waals surface area contributed by atoms with E-state index in [0.29, 0.717) is 29.4 Å². The zero-order chi connectivity index (χ0) is 22.7. The van der Waals surface area contributed by atoms with Crippen LogP contribution in [0.5, 0.6) is 23.1 Å². The lowest BCUT2D eigenvalue weighted by atomic mass is 9.77. The van der Waals surface area contributed by atoms with Gasteiger partial charge in [-0.1, -0.05) is 12.1 Å². The Labute approximate surface area is 194 Å². The molecule has 0 amide bonds. The Bertz CT molecular complexity index is 1110. The molecule has 5 rings (SSSR count). The highest BCUT2D eigenvalue weighted by molar-refractivity contribution is 5.87. The summed E-state index contributed by atoms with van der Waals surface area (Å²) in [4.78, 5) is 11.3. The standard InChI is InChI=1S/C26H31N3O4/c1-19-5-3-6-20(13-19)33-25-21-14-23(30-2)24(15-22(21)27-18-28-25)32-12-4-9-29-10-7-26(8-11-29)16-31-17-26/h3,5-6,13-15,18H,4,7-12,16-17H2,1-2H3. The average molecular weight is 450 g/mol. The second kappa shape index (κ2) is 9.53. The number of likely N-dealkylation sites (tertiary alicyclic amines) is 1. The van der Waals surface area contributed by atoms with Crippen molar-refractivity contribution in [2.75, 3.05) is 46.6 Å². The molecule has 1 spiro atoms. The first kappa shape index (κ1) is 21.9. The van der Waals surface area contributed by atoms with E-state index >= 15 is 0 Å². The molecule has 33 heavy (non-hydrogen) atoms. The van der Waals surface area contributed by atoms with E-state index in [-0.39, 0.29) is 0 Å². The summed E-state index contributed by atoms with van der Waals surface area (Å²) in [6, 6.07) is 11.7. The van der Waals surface area contributed by atoms with E-state index in [9.17, 15) is 0 Å². The third-order valence-corrected chi connectivity index (χ3v) is 6.70. The summed E-state index contributed by atoms with van der Waals surface area (Å²) in [6.07, 6.45) is 4.98. The maximum absolute atomic E-state index is 6.10. The minimum absolute atomic E-state index is 0.481. The van der Waals surface area contributed by atoms with E-state index in [1.165, 1.54) is 19.2 Å². The lowest BCUT2D eigenvalue weighted by Crippen LogP contribution is -2.51. The Morgan fingerprint density at radius 1 is 1.06 bits per heavy atom. The Morgan fingerprint density at radius 2 is 1.91 bits per heavy atom. The third kappa shape index (κ3) is 4.89. The van der Waals surface area contributed by atoms with Crippen LogP contribution in [0.3, 0.4) is 0 Å². The van der Waals surface area contributed by atoms with Gasteiger partial charge in [0.25, 0.3) is 0 Å². The van der Waals surface area contributed by atoms with E-state index < -0.39 is 0 Å². The summed E-state index contributed by atoms with van der Waals surface area (Å²) in [7, 11) is 1.65. The van der Waals surface area contributed by atoms with Gasteiger partial charge in [0.05, 0.1) is 37.8 Å². The minimum Gasteiger partial charge on any atom is -0.493 e. The van der Waals surface area contributed by atoms with Crippen LogP contribution < -0.4 is 14.2 Å². The maximum atomic E-state index is 6.10. The fourth-order valence-electron chi connectivity index (χ4n) is 4.59. The number of fused-ring (bicyclic) bond motifs is 1. The van der Waals surface area contributed by atoms with Crippen LogP contribution in [0.1, 0.15) is 24.8 Å². The molecule has 2 saturated heterocycles. The Kier molecular flexibility index (Phi) is 6.33. The third-order valence-electron chi connectivity index (χ3n) is 6.70. The van der Waals surface area contributed by atoms with Crippen LogP contribution in [0, 0.1) is 12.3 Å². The zero-order valence-corrected chi connectivity index (χ0v) is 19.4. The molecule has 2 fully saturated rings. The van der Waals surface area contributed by atoms with E-state index in [2.05, 4.69) is 14.9 Å². The van der Waals surface area contributed by atoms with Gasteiger partial charge >= 0.3 is 0 Å². The Morgan fingerprint density at radius 3 is 2.64 bits per heavy atom. The van der Waals surface area contributed by atoms with Gasteiger partial charge in [-0.05, 0) is 63.0 Å². The van der Waals surface area contributed by atoms with Crippen LogP contribution in [0.2, 0.25) is 0 Å². The number of methoxy groups -OCH3 is 1. The molecule has 2 aliphatic heterocycles. The first-order valence-corrected chi connectivity index (χ1v) is 11.6. The molecular formula is C26H31N3O4. The van der Waals surface area contributed by atoms with Crippen LogP contribution in [0.25, 0.3) is 10.9 Å². The molecule has 1 aromatic heterocycles. The van der Waals surface area contributed by atoms with Crippen molar-refractivity contribution < 1.29 is 18.9 Å². The highest BCUT2D eigenvalue weighted by Gasteiger charge is 2.40. The molecule has 0 saturated carbocycles. The summed E-state index contributed by atoms with van der Waals surface area (Å²) in [5.74, 6) is 2.57. The van der Waals surface area contributed by atoms with Crippen molar-refractivity contribution in [1.82, 2.24) is 14.9 Å². The average Bonchev–Trinajstić information content (AvgIpc) is 2.81. The van der Waals surface area contributed by atoms with Gasteiger partial charge in [0.15, 0.2) is 11.5 Å². The summed E-state index contributed by atoms with van der Waals surface area (Å²) < 4.78 is 23.2. The highest BCUT2D eigenvalue weighted by Crippen LogP contribution is 2.38. The van der Waals surface area contributed by atoms with Crippen molar-refractivity contribution in [1.29, 1.82) is 0 Å². The molecule has 2 aliphatic rings. The maximum Gasteiger partial charge on any atom is 0.230 e. The van der Waals surface area contributed by atoms with Crippen LogP contribution in [-0.4, -0.2) is 61.4 Å². The van der Waals surface area contributed by atoms with E-state index in [1.807, 2.05) is 43.3 Å². The van der Waals surface area contributed by atoms with Gasteiger partial charge in [0, 0.05) is 18.0 Å². The normalized spacial score (nSPS) is 17.6. The molecule has 0 unspecified atom stereocenters. The van der Waals surface area contributed by atoms with Gasteiger partial charge in [-0.3, -0.25) is 0 Å². The number of aryl methyl sites for hydroxylation is 1. The molecule has 0 N–H and O–H groups in total. The van der Waals surface area contributed by atoms with Gasteiger partial charge in [0.1, 0.15) is 12.1 Å². The molecule has 7 heteroatoms. The molecule has 7 nitrogen and oxygen atoms in total. The molecule has 174 valence electrons. The molecule has 0 radical (unpaired) electrons. The second-order valence-corrected chi connectivity index (χ2v) is 9.15. The second-order valence-electron chi connectivity index (χ2n) is 9.15. The first-order valence-electron chi connectivity index (χ1n) is 11.6. The number of benzene rings is 2. The van der Waals surface area contributed by atoms with Crippen molar-refractivity contribution in [2.45, 2.75) is 26.2 Å². The predicted molar refractivity (Wildman–Crippen MR) is 126 cm³/mol. The largest absolute Gasteiger partial charge is 0.493 e. The fraction of sp³-hybridized carbons (Fsp3) is 0.462. The number of ether oxygens (including phenoxy) is 4. The van der Waals surface area contributed by atoms with Crippen molar-refractivity contribution in [2.24, 2.45) is 5.41 Å². The zero-order valence-electron chi connectivity index (χ0n) is 19.4. The van der Waals surface area contributed by atoms with Crippen molar-refractivity contribution in [3.63, 3.8) is 0 Å². The summed E-state index contributed by atoms with van der Waals surface area (Å²) >= 11 is 0. The van der Waals surface area contributed by atoms with Crippen molar-refractivity contribution >= 4 is 10.9 Å². The predicted octanol–water partition coefficient (Wildman–Crippen LogP) is 4.62. The van der Waals surface area contributed by atoms with Crippen molar-refractivity contribution in [3.05, 3.63) is 48.3 Å². The number of hydrogen-bond acceptors (Lipinski definition) is 7. The smallest absolute Gasteiger partial charge is 0.230 e. The number of nitrogens with zero attached hydrogens (tertiary/aromatic N) is 3. The van der Waals surface area contributed by atoms with Crippen LogP contribution in [0.15, 0.2) is 42.7 Å². The minimum atomic E-state index is 0.481. The molecule has 2 aromatic carbocycles. The Hall–Kier alpha value is -2.90. The van der Waals surface area contributed by atoms with E-state index in [0.717, 1.165) is 61.5 Å². The molecule has 3 heterocycles. The van der Waals surface area contributed by atoms with E-state index in [1.54, 1.807) is 7.11 Å². The van der Waals surface area contributed by atoms with Gasteiger partial charge in [-0.2, -0.15) is 0 Å². The topological polar surface area (TPSA) is 65.9 Å². The SMILES string of the molecule is COc1cc2c(Oc3cccc(C)c3)ncnc2cc1OCCCN1CCC2(CC1)COC2. The summed E-state index contributed by atoms with van der Waals surface area (Å²) in [5, 5.41) is 0.783. The first-order chi connectivity index (χ1) is 16.1. The fourth-order valence-corrected chi connectivity index (χ4v) is 4.59. The monoisotopic (exact) mass is 449 g/mol. The van der Waals surface area contributed by atoms with Gasteiger partial charge in [0.2, 0.25) is 5.88 Å². The van der Waals surface area contributed by atoms with Gasteiger partial charge < -0.3 is 23.8 Å². The number of rotatable bonds is 8. The molecule has 3 aromatic rings. The van der Waals surface area contributed by atoms with Crippen molar-refractivity contribution in [3.8, 4) is 23.1 Å². The molecule has 0 aliphatic carbocycles. The molecule has 0 atom stereocenters. The van der Waals surface area contributed by atoms with Gasteiger partial charge in [-0.15, -0.1) is 0 Å². The van der Waals surface area contributed by atoms with Gasteiger partial charge in [-0.25, -0.2) is 9.97 Å². The van der Waals surface area contributed by atoms with E-state index in [4.69, 9.17) is 18.9 Å². The molecule has 0 bridgehead atoms. The van der Waals surface area contributed by atoms with Crippen LogP contribution in [0.4, 0.5) is 0 Å². The lowest BCUT2D eigenvalue weighted by Gasteiger charge is -2.47. The number of aromatic nitrogens is 2. The lowest BCUT2D eigenvalue weighted by molar-refractivity contribution is -0.139. The Balaban J connectivity index is 1.22. The summed E-state index contributed by atoms with van der Waals surface area (Å²) in [6.45, 7) is 7.92.